The SMILES string of the molecule is CCC(C)c1ccc(S(=O)(=O)N2CCN(C(=O)c3ccc([N+](=O)[O-])o3)CC2)cc1. The molecule has 1 aliphatic heterocycles. The van der Waals surface area contributed by atoms with Crippen LogP contribution in [0.5, 0.6) is 0 Å². The van der Waals surface area contributed by atoms with E-state index in [0.717, 1.165) is 18.1 Å². The Hall–Kier alpha value is -2.72. The van der Waals surface area contributed by atoms with Gasteiger partial charge in [0, 0.05) is 26.2 Å². The van der Waals surface area contributed by atoms with Crippen LogP contribution in [-0.2, 0) is 10.0 Å². The number of rotatable bonds is 6. The minimum Gasteiger partial charge on any atom is -0.395 e. The fourth-order valence-electron chi connectivity index (χ4n) is 3.18. The van der Waals surface area contributed by atoms with Crippen molar-refractivity contribution in [1.82, 2.24) is 9.21 Å². The summed E-state index contributed by atoms with van der Waals surface area (Å²) in [4.78, 5) is 24.1. The average Bonchev–Trinajstić information content (AvgIpc) is 3.23. The number of benzene rings is 1. The van der Waals surface area contributed by atoms with E-state index in [9.17, 15) is 23.3 Å². The molecule has 1 fully saturated rings. The largest absolute Gasteiger partial charge is 0.433 e. The Kier molecular flexibility index (Phi) is 6.04. The topological polar surface area (TPSA) is 114 Å². The van der Waals surface area contributed by atoms with Gasteiger partial charge in [0.1, 0.15) is 4.92 Å². The normalized spacial score (nSPS) is 16.6. The van der Waals surface area contributed by atoms with Crippen LogP contribution in [-0.4, -0.2) is 54.6 Å². The van der Waals surface area contributed by atoms with Crippen LogP contribution >= 0.6 is 0 Å². The van der Waals surface area contributed by atoms with Gasteiger partial charge < -0.3 is 9.32 Å². The van der Waals surface area contributed by atoms with E-state index in [-0.39, 0.29) is 36.8 Å². The van der Waals surface area contributed by atoms with Crippen molar-refractivity contribution >= 4 is 21.8 Å². The predicted octanol–water partition coefficient (Wildman–Crippen LogP) is 2.85. The van der Waals surface area contributed by atoms with Crippen molar-refractivity contribution in [2.75, 3.05) is 26.2 Å². The molecular formula is C19H23N3O6S. The van der Waals surface area contributed by atoms with Crippen LogP contribution < -0.4 is 0 Å². The van der Waals surface area contributed by atoms with Gasteiger partial charge in [-0.3, -0.25) is 14.9 Å². The first kappa shape index (κ1) is 21.0. The third-order valence-electron chi connectivity index (χ3n) is 5.21. The summed E-state index contributed by atoms with van der Waals surface area (Å²) in [6.07, 6.45) is 0.973. The Morgan fingerprint density at radius 1 is 1.14 bits per heavy atom. The summed E-state index contributed by atoms with van der Waals surface area (Å²) in [7, 11) is -3.65. The summed E-state index contributed by atoms with van der Waals surface area (Å²) >= 11 is 0. The molecule has 3 rings (SSSR count). The molecule has 0 saturated carbocycles. The summed E-state index contributed by atoms with van der Waals surface area (Å²) in [6.45, 7) is 4.81. The smallest absolute Gasteiger partial charge is 0.395 e. The molecule has 0 spiro atoms. The Morgan fingerprint density at radius 2 is 1.76 bits per heavy atom. The van der Waals surface area contributed by atoms with Crippen molar-refractivity contribution in [2.45, 2.75) is 31.1 Å². The molecule has 0 N–H and O–H groups in total. The molecule has 1 saturated heterocycles. The fraction of sp³-hybridized carbons (Fsp3) is 0.421. The predicted molar refractivity (Wildman–Crippen MR) is 105 cm³/mol. The van der Waals surface area contributed by atoms with Gasteiger partial charge in [-0.05, 0) is 36.1 Å². The number of carbonyl (C=O) groups is 1. The molecule has 1 atom stereocenters. The zero-order chi connectivity index (χ0) is 21.2. The van der Waals surface area contributed by atoms with Gasteiger partial charge in [0.15, 0.2) is 5.76 Å². The minimum atomic E-state index is -3.65. The third kappa shape index (κ3) is 4.33. The summed E-state index contributed by atoms with van der Waals surface area (Å²) < 4.78 is 32.1. The van der Waals surface area contributed by atoms with Crippen LogP contribution in [0.15, 0.2) is 45.7 Å². The van der Waals surface area contributed by atoms with Crippen LogP contribution in [0.25, 0.3) is 0 Å². The lowest BCUT2D eigenvalue weighted by atomic mass is 9.99. The second-order valence-electron chi connectivity index (χ2n) is 6.97. The van der Waals surface area contributed by atoms with Crippen LogP contribution in [0.1, 0.15) is 42.3 Å². The quantitative estimate of drug-likeness (QED) is 0.523. The van der Waals surface area contributed by atoms with E-state index in [1.165, 1.54) is 15.3 Å². The van der Waals surface area contributed by atoms with E-state index < -0.39 is 26.7 Å². The highest BCUT2D eigenvalue weighted by molar-refractivity contribution is 7.89. The van der Waals surface area contributed by atoms with Crippen molar-refractivity contribution in [3.8, 4) is 0 Å². The molecule has 10 heteroatoms. The molecule has 1 amide bonds. The maximum absolute atomic E-state index is 12.9. The minimum absolute atomic E-state index is 0.131. The first-order valence-electron chi connectivity index (χ1n) is 9.37. The van der Waals surface area contributed by atoms with Gasteiger partial charge in [-0.2, -0.15) is 4.31 Å². The van der Waals surface area contributed by atoms with Crippen molar-refractivity contribution < 1.29 is 22.6 Å². The molecular weight excluding hydrogens is 398 g/mol. The van der Waals surface area contributed by atoms with E-state index >= 15 is 0 Å². The van der Waals surface area contributed by atoms with Gasteiger partial charge in [-0.25, -0.2) is 8.42 Å². The number of nitrogens with zero attached hydrogens (tertiary/aromatic N) is 3. The molecule has 1 aromatic heterocycles. The van der Waals surface area contributed by atoms with Crippen molar-refractivity contribution in [3.05, 3.63) is 57.8 Å². The monoisotopic (exact) mass is 421 g/mol. The Morgan fingerprint density at radius 3 is 2.28 bits per heavy atom. The third-order valence-corrected chi connectivity index (χ3v) is 7.12. The van der Waals surface area contributed by atoms with Gasteiger partial charge in [0.25, 0.3) is 5.91 Å². The summed E-state index contributed by atoms with van der Waals surface area (Å²) in [5, 5.41) is 10.7. The molecule has 1 aliphatic rings. The number of hydrogen-bond acceptors (Lipinski definition) is 6. The molecule has 0 radical (unpaired) electrons. The molecule has 156 valence electrons. The number of carbonyl (C=O) groups excluding carboxylic acids is 1. The van der Waals surface area contributed by atoms with Gasteiger partial charge in [-0.15, -0.1) is 0 Å². The Bertz CT molecular complexity index is 991. The summed E-state index contributed by atoms with van der Waals surface area (Å²) in [6, 6.07) is 9.29. The zero-order valence-corrected chi connectivity index (χ0v) is 17.1. The molecule has 1 aromatic carbocycles. The highest BCUT2D eigenvalue weighted by atomic mass is 32.2. The summed E-state index contributed by atoms with van der Waals surface area (Å²) in [5.74, 6) is -0.768. The van der Waals surface area contributed by atoms with E-state index in [4.69, 9.17) is 4.42 Å². The van der Waals surface area contributed by atoms with E-state index in [2.05, 4.69) is 13.8 Å². The molecule has 0 aliphatic carbocycles. The van der Waals surface area contributed by atoms with E-state index in [0.29, 0.717) is 5.92 Å². The molecule has 2 aromatic rings. The lowest BCUT2D eigenvalue weighted by Crippen LogP contribution is -2.50. The second kappa shape index (κ2) is 8.34. The zero-order valence-electron chi connectivity index (χ0n) is 16.3. The van der Waals surface area contributed by atoms with Gasteiger partial charge >= 0.3 is 5.88 Å². The van der Waals surface area contributed by atoms with E-state index in [1.54, 1.807) is 12.1 Å². The number of piperazine rings is 1. The van der Waals surface area contributed by atoms with Crippen LogP contribution in [0.3, 0.4) is 0 Å². The number of nitro groups is 1. The van der Waals surface area contributed by atoms with Crippen LogP contribution in [0, 0.1) is 10.1 Å². The number of sulfonamides is 1. The van der Waals surface area contributed by atoms with Gasteiger partial charge in [0.05, 0.1) is 11.0 Å². The molecule has 2 heterocycles. The average molecular weight is 421 g/mol. The number of furan rings is 1. The standard InChI is InChI=1S/C19H23N3O6S/c1-3-14(2)15-4-6-16(7-5-15)29(26,27)21-12-10-20(11-13-21)19(23)17-8-9-18(28-17)22(24)25/h4-9,14H,3,10-13H2,1-2H3. The van der Waals surface area contributed by atoms with Crippen LogP contribution in [0.2, 0.25) is 0 Å². The first-order chi connectivity index (χ1) is 13.7. The lowest BCUT2D eigenvalue weighted by molar-refractivity contribution is -0.402. The molecule has 29 heavy (non-hydrogen) atoms. The maximum atomic E-state index is 12.9. The molecule has 0 bridgehead atoms. The second-order valence-corrected chi connectivity index (χ2v) is 8.91. The van der Waals surface area contributed by atoms with Crippen molar-refractivity contribution in [3.63, 3.8) is 0 Å². The fourth-order valence-corrected chi connectivity index (χ4v) is 4.60. The lowest BCUT2D eigenvalue weighted by Gasteiger charge is -2.33. The van der Waals surface area contributed by atoms with Gasteiger partial charge in [0.2, 0.25) is 10.0 Å². The highest BCUT2D eigenvalue weighted by Crippen LogP contribution is 2.24. The Labute approximate surface area is 169 Å². The van der Waals surface area contributed by atoms with Crippen LogP contribution in [0.4, 0.5) is 5.88 Å². The van der Waals surface area contributed by atoms with Crippen molar-refractivity contribution in [2.24, 2.45) is 0 Å². The highest BCUT2D eigenvalue weighted by Gasteiger charge is 2.31. The van der Waals surface area contributed by atoms with E-state index in [1.807, 2.05) is 12.1 Å². The van der Waals surface area contributed by atoms with Gasteiger partial charge in [-0.1, -0.05) is 26.0 Å². The number of amides is 1. The summed E-state index contributed by atoms with van der Waals surface area (Å²) in [5.41, 5.74) is 1.09. The number of hydrogen-bond donors (Lipinski definition) is 0. The Balaban J connectivity index is 1.66. The maximum Gasteiger partial charge on any atom is 0.433 e. The van der Waals surface area contributed by atoms with Crippen molar-refractivity contribution in [1.29, 1.82) is 0 Å². The molecule has 1 unspecified atom stereocenters. The first-order valence-corrected chi connectivity index (χ1v) is 10.8. The molecule has 9 nitrogen and oxygen atoms in total.